The van der Waals surface area contributed by atoms with Crippen LogP contribution >= 0.6 is 0 Å². The summed E-state index contributed by atoms with van der Waals surface area (Å²) in [6.45, 7) is 4.30. The predicted molar refractivity (Wildman–Crippen MR) is 86.6 cm³/mol. The van der Waals surface area contributed by atoms with Gasteiger partial charge in [0, 0.05) is 32.2 Å². The zero-order chi connectivity index (χ0) is 15.5. The first kappa shape index (κ1) is 14.9. The van der Waals surface area contributed by atoms with Gasteiger partial charge in [0.25, 0.3) is 0 Å². The Balaban J connectivity index is 1.69. The SMILES string of the molecule is Cc1nc2c(c(N(C)CCC(O)c3ccccc3)n1)CNC2. The fourth-order valence-corrected chi connectivity index (χ4v) is 2.85. The second-order valence-corrected chi connectivity index (χ2v) is 5.76. The fraction of sp³-hybridized carbons (Fsp3) is 0.412. The minimum atomic E-state index is -0.447. The lowest BCUT2D eigenvalue weighted by atomic mass is 10.1. The van der Waals surface area contributed by atoms with Crippen molar-refractivity contribution >= 4 is 5.82 Å². The van der Waals surface area contributed by atoms with Crippen LogP contribution in [0.25, 0.3) is 0 Å². The summed E-state index contributed by atoms with van der Waals surface area (Å²) in [5, 5.41) is 13.6. The van der Waals surface area contributed by atoms with E-state index in [-0.39, 0.29) is 0 Å². The summed E-state index contributed by atoms with van der Waals surface area (Å²) >= 11 is 0. The van der Waals surface area contributed by atoms with E-state index in [2.05, 4.69) is 20.2 Å². The van der Waals surface area contributed by atoms with E-state index in [9.17, 15) is 5.11 Å². The molecule has 0 bridgehead atoms. The molecule has 1 aromatic heterocycles. The summed E-state index contributed by atoms with van der Waals surface area (Å²) in [5.74, 6) is 1.78. The molecule has 0 spiro atoms. The largest absolute Gasteiger partial charge is 0.388 e. The first-order chi connectivity index (χ1) is 10.6. The molecule has 2 heterocycles. The number of hydrogen-bond donors (Lipinski definition) is 2. The Labute approximate surface area is 131 Å². The highest BCUT2D eigenvalue weighted by molar-refractivity contribution is 5.50. The number of nitrogens with zero attached hydrogens (tertiary/aromatic N) is 3. The van der Waals surface area contributed by atoms with E-state index >= 15 is 0 Å². The number of rotatable bonds is 5. The van der Waals surface area contributed by atoms with Crippen LogP contribution in [-0.4, -0.2) is 28.7 Å². The maximum Gasteiger partial charge on any atom is 0.136 e. The van der Waals surface area contributed by atoms with Crippen molar-refractivity contribution in [1.82, 2.24) is 15.3 Å². The highest BCUT2D eigenvalue weighted by Crippen LogP contribution is 2.25. The Morgan fingerprint density at radius 2 is 2.00 bits per heavy atom. The summed E-state index contributed by atoms with van der Waals surface area (Å²) in [4.78, 5) is 11.2. The van der Waals surface area contributed by atoms with Crippen molar-refractivity contribution in [3.05, 3.63) is 53.0 Å². The topological polar surface area (TPSA) is 61.3 Å². The Morgan fingerprint density at radius 3 is 2.77 bits per heavy atom. The number of nitrogens with one attached hydrogen (secondary N) is 1. The van der Waals surface area contributed by atoms with Crippen LogP contribution in [0.2, 0.25) is 0 Å². The van der Waals surface area contributed by atoms with Crippen molar-refractivity contribution in [3.63, 3.8) is 0 Å². The molecule has 0 aliphatic carbocycles. The number of aliphatic hydroxyl groups excluding tert-OH is 1. The van der Waals surface area contributed by atoms with Gasteiger partial charge >= 0.3 is 0 Å². The number of aromatic nitrogens is 2. The molecule has 116 valence electrons. The molecule has 1 aromatic carbocycles. The number of fused-ring (bicyclic) bond motifs is 1. The van der Waals surface area contributed by atoms with Gasteiger partial charge in [0.05, 0.1) is 11.8 Å². The highest BCUT2D eigenvalue weighted by Gasteiger charge is 2.20. The summed E-state index contributed by atoms with van der Waals surface area (Å²) in [5.41, 5.74) is 3.24. The van der Waals surface area contributed by atoms with Gasteiger partial charge in [0.2, 0.25) is 0 Å². The van der Waals surface area contributed by atoms with Gasteiger partial charge in [0.1, 0.15) is 11.6 Å². The molecule has 0 radical (unpaired) electrons. The van der Waals surface area contributed by atoms with Crippen LogP contribution in [0.1, 0.15) is 35.2 Å². The van der Waals surface area contributed by atoms with Crippen LogP contribution in [0.5, 0.6) is 0 Å². The van der Waals surface area contributed by atoms with Gasteiger partial charge < -0.3 is 15.3 Å². The van der Waals surface area contributed by atoms with Crippen LogP contribution in [0, 0.1) is 6.92 Å². The molecule has 1 unspecified atom stereocenters. The Kier molecular flexibility index (Phi) is 4.36. The predicted octanol–water partition coefficient (Wildman–Crippen LogP) is 1.95. The van der Waals surface area contributed by atoms with E-state index in [0.29, 0.717) is 6.42 Å². The van der Waals surface area contributed by atoms with Gasteiger partial charge in [-0.25, -0.2) is 9.97 Å². The van der Waals surface area contributed by atoms with Crippen molar-refractivity contribution in [1.29, 1.82) is 0 Å². The number of benzene rings is 1. The van der Waals surface area contributed by atoms with Crippen LogP contribution in [0.4, 0.5) is 5.82 Å². The molecule has 1 aliphatic heterocycles. The van der Waals surface area contributed by atoms with Gasteiger partial charge in [-0.2, -0.15) is 0 Å². The van der Waals surface area contributed by atoms with E-state index in [0.717, 1.165) is 42.5 Å². The third-order valence-corrected chi connectivity index (χ3v) is 4.06. The lowest BCUT2D eigenvalue weighted by molar-refractivity contribution is 0.169. The zero-order valence-electron chi connectivity index (χ0n) is 13.1. The molecule has 2 aromatic rings. The normalized spacial score (nSPS) is 14.7. The molecule has 0 saturated heterocycles. The van der Waals surface area contributed by atoms with Crippen molar-refractivity contribution in [2.24, 2.45) is 0 Å². The standard InChI is InChI=1S/C17H22N4O/c1-12-19-15-11-18-10-14(15)17(20-12)21(2)9-8-16(22)13-6-4-3-5-7-13/h3-7,16,18,22H,8-11H2,1-2H3. The molecule has 5 nitrogen and oxygen atoms in total. The molecule has 0 amide bonds. The molecule has 5 heteroatoms. The average Bonchev–Trinajstić information content (AvgIpc) is 3.00. The highest BCUT2D eigenvalue weighted by atomic mass is 16.3. The van der Waals surface area contributed by atoms with Gasteiger partial charge in [-0.3, -0.25) is 0 Å². The van der Waals surface area contributed by atoms with Crippen LogP contribution < -0.4 is 10.2 Å². The first-order valence-corrected chi connectivity index (χ1v) is 7.66. The third kappa shape index (κ3) is 3.10. The number of hydrogen-bond acceptors (Lipinski definition) is 5. The molecular formula is C17H22N4O. The molecule has 0 saturated carbocycles. The fourth-order valence-electron chi connectivity index (χ4n) is 2.85. The lowest BCUT2D eigenvalue weighted by Gasteiger charge is -2.22. The van der Waals surface area contributed by atoms with Crippen molar-refractivity contribution in [2.45, 2.75) is 32.5 Å². The van der Waals surface area contributed by atoms with Crippen molar-refractivity contribution < 1.29 is 5.11 Å². The minimum absolute atomic E-state index is 0.447. The quantitative estimate of drug-likeness (QED) is 0.883. The molecule has 1 aliphatic rings. The van der Waals surface area contributed by atoms with E-state index in [4.69, 9.17) is 0 Å². The molecule has 1 atom stereocenters. The van der Waals surface area contributed by atoms with Crippen LogP contribution in [-0.2, 0) is 13.1 Å². The molecule has 2 N–H and O–H groups in total. The molecule has 3 rings (SSSR count). The minimum Gasteiger partial charge on any atom is -0.388 e. The first-order valence-electron chi connectivity index (χ1n) is 7.66. The maximum absolute atomic E-state index is 10.3. The second kappa shape index (κ2) is 6.42. The van der Waals surface area contributed by atoms with E-state index < -0.39 is 6.10 Å². The van der Waals surface area contributed by atoms with E-state index in [1.54, 1.807) is 0 Å². The van der Waals surface area contributed by atoms with E-state index in [1.807, 2.05) is 44.3 Å². The molecular weight excluding hydrogens is 276 g/mol. The summed E-state index contributed by atoms with van der Waals surface area (Å²) in [7, 11) is 2.03. The Bertz CT molecular complexity index is 645. The number of aliphatic hydroxyl groups is 1. The van der Waals surface area contributed by atoms with Gasteiger partial charge in [0.15, 0.2) is 0 Å². The Morgan fingerprint density at radius 1 is 1.23 bits per heavy atom. The van der Waals surface area contributed by atoms with Gasteiger partial charge in [-0.1, -0.05) is 30.3 Å². The lowest BCUT2D eigenvalue weighted by Crippen LogP contribution is -2.24. The van der Waals surface area contributed by atoms with Gasteiger partial charge in [-0.15, -0.1) is 0 Å². The summed E-state index contributed by atoms with van der Waals surface area (Å²) in [6.07, 6.45) is 0.226. The van der Waals surface area contributed by atoms with Gasteiger partial charge in [-0.05, 0) is 18.9 Å². The van der Waals surface area contributed by atoms with Crippen molar-refractivity contribution in [2.75, 3.05) is 18.5 Å². The van der Waals surface area contributed by atoms with E-state index in [1.165, 1.54) is 5.56 Å². The monoisotopic (exact) mass is 298 g/mol. The third-order valence-electron chi connectivity index (χ3n) is 4.06. The second-order valence-electron chi connectivity index (χ2n) is 5.76. The molecule has 22 heavy (non-hydrogen) atoms. The summed E-state index contributed by atoms with van der Waals surface area (Å²) < 4.78 is 0. The number of aryl methyl sites for hydroxylation is 1. The smallest absolute Gasteiger partial charge is 0.136 e. The maximum atomic E-state index is 10.3. The van der Waals surface area contributed by atoms with Crippen LogP contribution in [0.3, 0.4) is 0 Å². The number of anilines is 1. The van der Waals surface area contributed by atoms with Crippen molar-refractivity contribution in [3.8, 4) is 0 Å². The molecule has 0 fully saturated rings. The summed E-state index contributed by atoms with van der Waals surface area (Å²) in [6, 6.07) is 9.79. The van der Waals surface area contributed by atoms with Crippen LogP contribution in [0.15, 0.2) is 30.3 Å². The average molecular weight is 298 g/mol. The zero-order valence-corrected chi connectivity index (χ0v) is 13.1. The Hall–Kier alpha value is -1.98.